The zero-order chi connectivity index (χ0) is 18.5. The zero-order valence-electron chi connectivity index (χ0n) is 15.5. The SMILES string of the molecule is O[C@H](CCN1CCO[C@@H](c2ccsc2)C1)CN1CCO[C@H](c2ccsc2)C1. The third-order valence-corrected chi connectivity index (χ3v) is 6.78. The Kier molecular flexibility index (Phi) is 6.94. The number of aliphatic hydroxyl groups is 1. The maximum Gasteiger partial charge on any atom is 0.0960 e. The monoisotopic (exact) mass is 408 g/mol. The number of rotatable bonds is 7. The van der Waals surface area contributed by atoms with Crippen molar-refractivity contribution in [2.24, 2.45) is 0 Å². The van der Waals surface area contributed by atoms with Gasteiger partial charge in [0.05, 0.1) is 31.5 Å². The van der Waals surface area contributed by atoms with Crippen LogP contribution in [0.15, 0.2) is 33.7 Å². The minimum absolute atomic E-state index is 0.141. The second-order valence-electron chi connectivity index (χ2n) is 7.33. The first-order valence-electron chi connectivity index (χ1n) is 9.68. The molecule has 5 nitrogen and oxygen atoms in total. The summed E-state index contributed by atoms with van der Waals surface area (Å²) in [7, 11) is 0. The maximum atomic E-state index is 10.6. The standard InChI is InChI=1S/C20H28N2O3S2/c23-18(11-22-6-8-25-20(13-22)17-3-10-27-15-17)1-4-21-5-7-24-19(12-21)16-2-9-26-14-16/h2-3,9-10,14-15,18-20,23H,1,4-8,11-13H2/t18-,19-,20+/m1/s1. The van der Waals surface area contributed by atoms with Crippen LogP contribution in [0.5, 0.6) is 0 Å². The number of aliphatic hydroxyl groups excluding tert-OH is 1. The summed E-state index contributed by atoms with van der Waals surface area (Å²) in [5.41, 5.74) is 2.53. The number of hydrogen-bond donors (Lipinski definition) is 1. The average molecular weight is 409 g/mol. The molecule has 0 saturated carbocycles. The lowest BCUT2D eigenvalue weighted by molar-refractivity contribution is -0.0485. The molecule has 2 saturated heterocycles. The highest BCUT2D eigenvalue weighted by Crippen LogP contribution is 2.25. The van der Waals surface area contributed by atoms with E-state index >= 15 is 0 Å². The molecular formula is C20H28N2O3S2. The molecular weight excluding hydrogens is 380 g/mol. The molecule has 27 heavy (non-hydrogen) atoms. The largest absolute Gasteiger partial charge is 0.392 e. The molecule has 2 aromatic rings. The summed E-state index contributed by atoms with van der Waals surface area (Å²) >= 11 is 3.43. The summed E-state index contributed by atoms with van der Waals surface area (Å²) in [5.74, 6) is 0. The number of nitrogens with zero attached hydrogens (tertiary/aromatic N) is 2. The van der Waals surface area contributed by atoms with E-state index in [1.54, 1.807) is 22.7 Å². The molecule has 3 atom stereocenters. The fraction of sp³-hybridized carbons (Fsp3) is 0.600. The van der Waals surface area contributed by atoms with Crippen LogP contribution in [0.3, 0.4) is 0 Å². The first-order chi connectivity index (χ1) is 13.3. The van der Waals surface area contributed by atoms with Gasteiger partial charge in [0.2, 0.25) is 0 Å². The van der Waals surface area contributed by atoms with Crippen molar-refractivity contribution in [1.29, 1.82) is 0 Å². The Hall–Kier alpha value is -0.800. The van der Waals surface area contributed by atoms with Gasteiger partial charge in [-0.15, -0.1) is 0 Å². The van der Waals surface area contributed by atoms with Gasteiger partial charge in [-0.1, -0.05) is 0 Å². The van der Waals surface area contributed by atoms with Crippen molar-refractivity contribution in [3.05, 3.63) is 44.8 Å². The maximum absolute atomic E-state index is 10.6. The van der Waals surface area contributed by atoms with Crippen LogP contribution in [0.4, 0.5) is 0 Å². The van der Waals surface area contributed by atoms with Crippen molar-refractivity contribution >= 4 is 22.7 Å². The number of thiophene rings is 2. The van der Waals surface area contributed by atoms with Crippen LogP contribution in [-0.2, 0) is 9.47 Å². The van der Waals surface area contributed by atoms with Gasteiger partial charge in [-0.25, -0.2) is 0 Å². The van der Waals surface area contributed by atoms with Gasteiger partial charge in [-0.05, 0) is 51.2 Å². The predicted octanol–water partition coefficient (Wildman–Crippen LogP) is 3.01. The summed E-state index contributed by atoms with van der Waals surface area (Å²) < 4.78 is 11.8. The third kappa shape index (κ3) is 5.38. The lowest BCUT2D eigenvalue weighted by Gasteiger charge is -2.35. The van der Waals surface area contributed by atoms with E-state index in [0.29, 0.717) is 0 Å². The van der Waals surface area contributed by atoms with Gasteiger partial charge in [0.25, 0.3) is 0 Å². The molecule has 4 rings (SSSR count). The van der Waals surface area contributed by atoms with Gasteiger partial charge in [0.1, 0.15) is 0 Å². The predicted molar refractivity (Wildman–Crippen MR) is 110 cm³/mol. The van der Waals surface area contributed by atoms with Crippen molar-refractivity contribution in [3.8, 4) is 0 Å². The smallest absolute Gasteiger partial charge is 0.0960 e. The molecule has 2 fully saturated rings. The number of morpholine rings is 2. The highest BCUT2D eigenvalue weighted by atomic mass is 32.1. The lowest BCUT2D eigenvalue weighted by atomic mass is 10.1. The molecule has 2 aliphatic rings. The van der Waals surface area contributed by atoms with Gasteiger partial charge in [-0.2, -0.15) is 22.7 Å². The molecule has 7 heteroatoms. The number of hydrogen-bond acceptors (Lipinski definition) is 7. The van der Waals surface area contributed by atoms with Gasteiger partial charge in [-0.3, -0.25) is 9.80 Å². The summed E-state index contributed by atoms with van der Waals surface area (Å²) in [4.78, 5) is 4.76. The van der Waals surface area contributed by atoms with E-state index < -0.39 is 0 Å². The Balaban J connectivity index is 1.21. The molecule has 0 spiro atoms. The average Bonchev–Trinajstić information content (AvgIpc) is 3.41. The summed E-state index contributed by atoms with van der Waals surface area (Å²) in [5, 5.41) is 19.1. The Bertz CT molecular complexity index is 665. The molecule has 0 amide bonds. The van der Waals surface area contributed by atoms with Crippen molar-refractivity contribution in [2.75, 3.05) is 52.5 Å². The van der Waals surface area contributed by atoms with Gasteiger partial charge >= 0.3 is 0 Å². The van der Waals surface area contributed by atoms with Crippen LogP contribution in [0.25, 0.3) is 0 Å². The van der Waals surface area contributed by atoms with Crippen LogP contribution in [-0.4, -0.2) is 73.5 Å². The lowest BCUT2D eigenvalue weighted by Crippen LogP contribution is -2.44. The van der Waals surface area contributed by atoms with Crippen LogP contribution in [0.1, 0.15) is 29.8 Å². The van der Waals surface area contributed by atoms with Crippen LogP contribution in [0.2, 0.25) is 0 Å². The highest BCUT2D eigenvalue weighted by Gasteiger charge is 2.25. The van der Waals surface area contributed by atoms with E-state index in [1.807, 2.05) is 0 Å². The van der Waals surface area contributed by atoms with E-state index in [9.17, 15) is 5.11 Å². The quantitative estimate of drug-likeness (QED) is 0.763. The van der Waals surface area contributed by atoms with Gasteiger partial charge in [0.15, 0.2) is 0 Å². The minimum atomic E-state index is -0.298. The van der Waals surface area contributed by atoms with Crippen molar-refractivity contribution in [3.63, 3.8) is 0 Å². The van der Waals surface area contributed by atoms with Crippen LogP contribution < -0.4 is 0 Å². The zero-order valence-corrected chi connectivity index (χ0v) is 17.2. The second-order valence-corrected chi connectivity index (χ2v) is 8.89. The first kappa shape index (κ1) is 19.5. The number of ether oxygens (including phenoxy) is 2. The Morgan fingerprint density at radius 3 is 2.15 bits per heavy atom. The Morgan fingerprint density at radius 1 is 0.963 bits per heavy atom. The Labute approximate surface area is 169 Å². The van der Waals surface area contributed by atoms with E-state index in [-0.39, 0.29) is 18.3 Å². The molecule has 0 bridgehead atoms. The molecule has 2 aliphatic heterocycles. The topological polar surface area (TPSA) is 45.2 Å². The minimum Gasteiger partial charge on any atom is -0.392 e. The van der Waals surface area contributed by atoms with Gasteiger partial charge < -0.3 is 14.6 Å². The highest BCUT2D eigenvalue weighted by molar-refractivity contribution is 7.08. The summed E-state index contributed by atoms with van der Waals surface area (Å²) in [6.07, 6.45) is 0.820. The van der Waals surface area contributed by atoms with Gasteiger partial charge in [0, 0.05) is 39.3 Å². The van der Waals surface area contributed by atoms with Crippen LogP contribution >= 0.6 is 22.7 Å². The molecule has 1 N–H and O–H groups in total. The first-order valence-corrected chi connectivity index (χ1v) is 11.6. The molecule has 148 valence electrons. The molecule has 0 aromatic carbocycles. The Morgan fingerprint density at radius 2 is 1.56 bits per heavy atom. The summed E-state index contributed by atoms with van der Waals surface area (Å²) in [6.45, 7) is 6.78. The molecule has 4 heterocycles. The molecule has 0 aliphatic carbocycles. The van der Waals surface area contributed by atoms with Crippen molar-refractivity contribution in [1.82, 2.24) is 9.80 Å². The molecule has 0 radical (unpaired) electrons. The van der Waals surface area contributed by atoms with Crippen molar-refractivity contribution < 1.29 is 14.6 Å². The van der Waals surface area contributed by atoms with E-state index in [0.717, 1.165) is 58.9 Å². The molecule has 0 unspecified atom stereocenters. The fourth-order valence-electron chi connectivity index (χ4n) is 3.81. The van der Waals surface area contributed by atoms with Crippen molar-refractivity contribution in [2.45, 2.75) is 24.7 Å². The third-order valence-electron chi connectivity index (χ3n) is 5.38. The summed E-state index contributed by atoms with van der Waals surface area (Å²) in [6, 6.07) is 4.29. The fourth-order valence-corrected chi connectivity index (χ4v) is 5.22. The molecule has 2 aromatic heterocycles. The van der Waals surface area contributed by atoms with E-state index in [4.69, 9.17) is 9.47 Å². The van der Waals surface area contributed by atoms with E-state index in [1.165, 1.54) is 11.1 Å². The second kappa shape index (κ2) is 9.60. The van der Waals surface area contributed by atoms with Crippen LogP contribution in [0, 0.1) is 0 Å². The number of β-amino-alcohol motifs (C(OH)–C–C–N with tert-alkyl or cyclic N) is 1. The van der Waals surface area contributed by atoms with E-state index in [2.05, 4.69) is 43.5 Å². The normalized spacial score (nSPS) is 26.3.